The molecule has 1 aromatic rings. The highest BCUT2D eigenvalue weighted by Crippen LogP contribution is 2.24. The van der Waals surface area contributed by atoms with E-state index in [1.807, 2.05) is 0 Å². The lowest BCUT2D eigenvalue weighted by Crippen LogP contribution is -2.47. The van der Waals surface area contributed by atoms with Crippen LogP contribution in [0.1, 0.15) is 6.92 Å². The molecule has 1 unspecified atom stereocenters. The number of benzene rings is 1. The van der Waals surface area contributed by atoms with E-state index in [4.69, 9.17) is 23.2 Å². The summed E-state index contributed by atoms with van der Waals surface area (Å²) < 4.78 is 26.7. The van der Waals surface area contributed by atoms with E-state index in [0.717, 1.165) is 0 Å². The van der Waals surface area contributed by atoms with Gasteiger partial charge >= 0.3 is 0 Å². The van der Waals surface area contributed by atoms with E-state index in [1.165, 1.54) is 18.2 Å². The molecule has 0 heterocycles. The predicted molar refractivity (Wildman–Crippen MR) is 80.8 cm³/mol. The van der Waals surface area contributed by atoms with Crippen molar-refractivity contribution in [2.75, 3.05) is 27.2 Å². The van der Waals surface area contributed by atoms with Gasteiger partial charge < -0.3 is 10.0 Å². The van der Waals surface area contributed by atoms with Crippen molar-refractivity contribution in [3.05, 3.63) is 28.2 Å². The summed E-state index contributed by atoms with van der Waals surface area (Å²) in [6, 6.07) is 4.19. The van der Waals surface area contributed by atoms with Gasteiger partial charge in [-0.3, -0.25) is 0 Å². The summed E-state index contributed by atoms with van der Waals surface area (Å²) in [7, 11) is -0.250. The van der Waals surface area contributed by atoms with Gasteiger partial charge in [0.15, 0.2) is 0 Å². The maximum atomic E-state index is 12.2. The summed E-state index contributed by atoms with van der Waals surface area (Å²) in [5.74, 6) is 0. The first-order valence-electron chi connectivity index (χ1n) is 5.85. The molecule has 2 N–H and O–H groups in total. The molecule has 1 aromatic carbocycles. The molecule has 20 heavy (non-hydrogen) atoms. The Labute approximate surface area is 129 Å². The van der Waals surface area contributed by atoms with Crippen LogP contribution in [0, 0.1) is 0 Å². The molecule has 8 heteroatoms. The predicted octanol–water partition coefficient (Wildman–Crippen LogP) is 1.58. The van der Waals surface area contributed by atoms with Crippen molar-refractivity contribution >= 4 is 33.2 Å². The highest BCUT2D eigenvalue weighted by Gasteiger charge is 2.26. The average Bonchev–Trinajstić information content (AvgIpc) is 2.28. The number of hydrogen-bond donors (Lipinski definition) is 2. The van der Waals surface area contributed by atoms with Crippen molar-refractivity contribution in [1.82, 2.24) is 9.62 Å². The third kappa shape index (κ3) is 5.20. The summed E-state index contributed by atoms with van der Waals surface area (Å²) in [6.45, 7) is 1.74. The van der Waals surface area contributed by atoms with Crippen LogP contribution in [-0.2, 0) is 10.0 Å². The van der Waals surface area contributed by atoms with Crippen LogP contribution in [0.4, 0.5) is 0 Å². The van der Waals surface area contributed by atoms with Crippen molar-refractivity contribution in [3.63, 3.8) is 0 Å². The highest BCUT2D eigenvalue weighted by atomic mass is 35.5. The molecule has 0 aromatic heterocycles. The number of nitrogens with one attached hydrogen (secondary N) is 1. The van der Waals surface area contributed by atoms with Gasteiger partial charge in [-0.05, 0) is 39.2 Å². The number of halogens is 2. The van der Waals surface area contributed by atoms with E-state index < -0.39 is 15.6 Å². The molecule has 0 radical (unpaired) electrons. The summed E-state index contributed by atoms with van der Waals surface area (Å²) in [5, 5.41) is 10.4. The maximum Gasteiger partial charge on any atom is 0.242 e. The Balaban J connectivity index is 2.88. The Hall–Kier alpha value is -0.370. The Bertz CT molecular complexity index is 574. The van der Waals surface area contributed by atoms with Crippen LogP contribution in [-0.4, -0.2) is 51.2 Å². The van der Waals surface area contributed by atoms with Crippen LogP contribution in [0.15, 0.2) is 23.1 Å². The molecule has 0 amide bonds. The van der Waals surface area contributed by atoms with E-state index >= 15 is 0 Å². The molecule has 0 fully saturated rings. The minimum absolute atomic E-state index is 0.0779. The zero-order valence-electron chi connectivity index (χ0n) is 11.5. The molecule has 114 valence electrons. The number of rotatable bonds is 6. The number of nitrogens with zero attached hydrogens (tertiary/aromatic N) is 1. The van der Waals surface area contributed by atoms with Gasteiger partial charge in [-0.2, -0.15) is 0 Å². The van der Waals surface area contributed by atoms with E-state index in [0.29, 0.717) is 6.54 Å². The normalized spacial score (nSPS) is 15.3. The van der Waals surface area contributed by atoms with E-state index in [2.05, 4.69) is 4.72 Å². The standard InChI is InChI=1S/C12H18Cl2N2O3S/c1-12(17,8-16(2)3)7-15-20(18,19)11-6-9(13)4-5-10(11)14/h4-6,15,17H,7-8H2,1-3H3. The van der Waals surface area contributed by atoms with Gasteiger partial charge in [-0.25, -0.2) is 13.1 Å². The van der Waals surface area contributed by atoms with E-state index in [-0.39, 0.29) is 21.5 Å². The van der Waals surface area contributed by atoms with Gasteiger partial charge in [0.1, 0.15) is 4.90 Å². The zero-order valence-corrected chi connectivity index (χ0v) is 13.8. The van der Waals surface area contributed by atoms with Crippen LogP contribution in [0.25, 0.3) is 0 Å². The second kappa shape index (κ2) is 6.60. The van der Waals surface area contributed by atoms with Crippen molar-refractivity contribution in [2.24, 2.45) is 0 Å². The SMILES string of the molecule is CN(C)CC(C)(O)CNS(=O)(=O)c1cc(Cl)ccc1Cl. The molecule has 0 aliphatic carbocycles. The largest absolute Gasteiger partial charge is 0.387 e. The number of sulfonamides is 1. The van der Waals surface area contributed by atoms with E-state index in [1.54, 1.807) is 25.9 Å². The van der Waals surface area contributed by atoms with Gasteiger partial charge in [0, 0.05) is 18.1 Å². The Kier molecular flexibility index (Phi) is 5.83. The fourth-order valence-electron chi connectivity index (χ4n) is 1.75. The van der Waals surface area contributed by atoms with Crippen LogP contribution < -0.4 is 4.72 Å². The smallest absolute Gasteiger partial charge is 0.242 e. The zero-order chi connectivity index (χ0) is 15.6. The molecular formula is C12H18Cl2N2O3S. The van der Waals surface area contributed by atoms with Crippen LogP contribution in [0.3, 0.4) is 0 Å². The summed E-state index contributed by atoms with van der Waals surface area (Å²) >= 11 is 11.6. The second-order valence-corrected chi connectivity index (χ2v) is 7.71. The van der Waals surface area contributed by atoms with Crippen LogP contribution in [0.2, 0.25) is 10.0 Å². The minimum Gasteiger partial charge on any atom is -0.387 e. The Morgan fingerprint density at radius 1 is 1.35 bits per heavy atom. The van der Waals surface area contributed by atoms with E-state index in [9.17, 15) is 13.5 Å². The van der Waals surface area contributed by atoms with Crippen LogP contribution >= 0.6 is 23.2 Å². The maximum absolute atomic E-state index is 12.2. The third-order valence-corrected chi connectivity index (χ3v) is 4.60. The number of likely N-dealkylation sites (N-methyl/N-ethyl adjacent to an activating group) is 1. The second-order valence-electron chi connectivity index (χ2n) is 5.13. The van der Waals surface area contributed by atoms with Gasteiger partial charge in [-0.1, -0.05) is 23.2 Å². The lowest BCUT2D eigenvalue weighted by molar-refractivity contribution is 0.0386. The topological polar surface area (TPSA) is 69.6 Å². The summed E-state index contributed by atoms with van der Waals surface area (Å²) in [5.41, 5.74) is -1.19. The molecule has 5 nitrogen and oxygen atoms in total. The Morgan fingerprint density at radius 2 is 1.95 bits per heavy atom. The van der Waals surface area contributed by atoms with Gasteiger partial charge in [-0.15, -0.1) is 0 Å². The van der Waals surface area contributed by atoms with Crippen molar-refractivity contribution in [3.8, 4) is 0 Å². The molecule has 0 spiro atoms. The van der Waals surface area contributed by atoms with Crippen molar-refractivity contribution < 1.29 is 13.5 Å². The van der Waals surface area contributed by atoms with Crippen molar-refractivity contribution in [2.45, 2.75) is 17.4 Å². The molecule has 0 bridgehead atoms. The third-order valence-electron chi connectivity index (χ3n) is 2.48. The number of hydrogen-bond acceptors (Lipinski definition) is 4. The molecule has 0 aliphatic rings. The molecule has 1 rings (SSSR count). The summed E-state index contributed by atoms with van der Waals surface area (Å²) in [4.78, 5) is 1.66. The summed E-state index contributed by atoms with van der Waals surface area (Å²) in [6.07, 6.45) is 0. The minimum atomic E-state index is -3.83. The molecule has 0 saturated heterocycles. The Morgan fingerprint density at radius 3 is 2.50 bits per heavy atom. The number of aliphatic hydroxyl groups is 1. The quantitative estimate of drug-likeness (QED) is 0.824. The van der Waals surface area contributed by atoms with Gasteiger partial charge in [0.25, 0.3) is 0 Å². The fraction of sp³-hybridized carbons (Fsp3) is 0.500. The first kappa shape index (κ1) is 17.7. The first-order valence-corrected chi connectivity index (χ1v) is 8.09. The average molecular weight is 341 g/mol. The molecule has 0 aliphatic heterocycles. The molecule has 1 atom stereocenters. The fourth-order valence-corrected chi connectivity index (χ4v) is 3.67. The van der Waals surface area contributed by atoms with Gasteiger partial charge in [0.2, 0.25) is 10.0 Å². The first-order chi connectivity index (χ1) is 9.03. The van der Waals surface area contributed by atoms with Crippen molar-refractivity contribution in [1.29, 1.82) is 0 Å². The monoisotopic (exact) mass is 340 g/mol. The van der Waals surface area contributed by atoms with Crippen LogP contribution in [0.5, 0.6) is 0 Å². The highest BCUT2D eigenvalue weighted by molar-refractivity contribution is 7.89. The molecular weight excluding hydrogens is 323 g/mol. The lowest BCUT2D eigenvalue weighted by Gasteiger charge is -2.27. The van der Waals surface area contributed by atoms with Gasteiger partial charge in [0.05, 0.1) is 10.6 Å². The molecule has 0 saturated carbocycles. The lowest BCUT2D eigenvalue weighted by atomic mass is 10.1.